The molecule has 14 heteroatoms. The zero-order valence-corrected chi connectivity index (χ0v) is 66.2. The molecule has 2 fully saturated rings. The predicted octanol–water partition coefficient (Wildman–Crippen LogP) is 21.2. The highest BCUT2D eigenvalue weighted by Gasteiger charge is 2.51. The molecule has 9 N–H and O–H groups in total. The summed E-state index contributed by atoms with van der Waals surface area (Å²) >= 11 is 0. The van der Waals surface area contributed by atoms with Crippen molar-refractivity contribution in [3.63, 3.8) is 0 Å². The SMILES string of the molecule is CCCCCCCCCCCCCCCCCCCCCCCCCCCCCC/C=C/C(O)C(COC1OC(CO)C(OC2OC(CO)C(O)C(O)C2O)C(O)C1O)NC(=O)CCCCCCCCCCCCCCCCCCCCCCCCCCCCCCCCCCCCCCC. The summed E-state index contributed by atoms with van der Waals surface area (Å²) in [4.78, 5) is 13.4. The first-order chi connectivity index (χ1) is 49.6. The maximum Gasteiger partial charge on any atom is 0.220 e. The van der Waals surface area contributed by atoms with Gasteiger partial charge in [-0.05, 0) is 19.3 Å². The van der Waals surface area contributed by atoms with Crippen molar-refractivity contribution in [3.8, 4) is 0 Å². The number of nitrogens with one attached hydrogen (secondary N) is 1. The molecule has 0 aromatic rings. The molecule has 0 spiro atoms. The molecular formula is C87H169NO13. The Labute approximate surface area is 622 Å². The second-order valence-electron chi connectivity index (χ2n) is 31.7. The Hall–Kier alpha value is -1.27. The van der Waals surface area contributed by atoms with Crippen LogP contribution in [0.1, 0.15) is 444 Å². The van der Waals surface area contributed by atoms with E-state index in [0.717, 1.165) is 44.9 Å². The molecule has 0 bridgehead atoms. The number of aliphatic hydroxyl groups is 8. The van der Waals surface area contributed by atoms with E-state index in [4.69, 9.17) is 18.9 Å². The molecule has 12 atom stereocenters. The maximum absolute atomic E-state index is 13.4. The summed E-state index contributed by atoms with van der Waals surface area (Å²) in [6.45, 7) is 2.89. The van der Waals surface area contributed by atoms with Gasteiger partial charge in [-0.2, -0.15) is 0 Å². The van der Waals surface area contributed by atoms with Gasteiger partial charge < -0.3 is 65.1 Å². The first-order valence-corrected chi connectivity index (χ1v) is 44.4. The highest BCUT2D eigenvalue weighted by molar-refractivity contribution is 5.76. The van der Waals surface area contributed by atoms with Crippen molar-refractivity contribution in [1.82, 2.24) is 5.32 Å². The Balaban J connectivity index is 1.56. The molecule has 2 rings (SSSR count). The number of hydrogen-bond acceptors (Lipinski definition) is 13. The van der Waals surface area contributed by atoms with E-state index in [1.165, 1.54) is 379 Å². The molecule has 600 valence electrons. The molecule has 1 amide bonds. The van der Waals surface area contributed by atoms with Gasteiger partial charge >= 0.3 is 0 Å². The van der Waals surface area contributed by atoms with Crippen LogP contribution in [0.3, 0.4) is 0 Å². The fraction of sp³-hybridized carbons (Fsp3) is 0.966. The number of carbonyl (C=O) groups excluding carboxylic acids is 1. The van der Waals surface area contributed by atoms with Crippen molar-refractivity contribution in [2.45, 2.75) is 518 Å². The summed E-state index contributed by atoms with van der Waals surface area (Å²) in [5.41, 5.74) is 0. The van der Waals surface area contributed by atoms with Crippen LogP contribution in [0.5, 0.6) is 0 Å². The second-order valence-corrected chi connectivity index (χ2v) is 31.7. The largest absolute Gasteiger partial charge is 0.394 e. The summed E-state index contributed by atoms with van der Waals surface area (Å²) in [5, 5.41) is 87.8. The van der Waals surface area contributed by atoms with Gasteiger partial charge in [-0.25, -0.2) is 0 Å². The Bertz CT molecular complexity index is 1740. The van der Waals surface area contributed by atoms with Crippen LogP contribution in [-0.2, 0) is 23.7 Å². The fourth-order valence-corrected chi connectivity index (χ4v) is 15.2. The van der Waals surface area contributed by atoms with E-state index in [0.29, 0.717) is 0 Å². The van der Waals surface area contributed by atoms with E-state index < -0.39 is 86.8 Å². The molecule has 0 aliphatic carbocycles. The molecule has 0 radical (unpaired) electrons. The average molecular weight is 1440 g/mol. The van der Waals surface area contributed by atoms with Gasteiger partial charge in [0.15, 0.2) is 12.6 Å². The van der Waals surface area contributed by atoms with Gasteiger partial charge in [-0.3, -0.25) is 4.79 Å². The number of amides is 1. The molecule has 2 heterocycles. The van der Waals surface area contributed by atoms with E-state index in [2.05, 4.69) is 19.2 Å². The number of ether oxygens (including phenoxy) is 4. The third-order valence-corrected chi connectivity index (χ3v) is 22.2. The summed E-state index contributed by atoms with van der Waals surface area (Å²) in [5.74, 6) is -0.227. The highest BCUT2D eigenvalue weighted by atomic mass is 16.7. The van der Waals surface area contributed by atoms with Crippen LogP contribution in [0, 0.1) is 0 Å². The van der Waals surface area contributed by atoms with Gasteiger partial charge in [-0.1, -0.05) is 431 Å². The van der Waals surface area contributed by atoms with Crippen LogP contribution in [0.2, 0.25) is 0 Å². The minimum absolute atomic E-state index is 0.227. The standard InChI is InChI=1S/C87H169NO13/c1-3-5-7-9-11-13-15-17-19-21-23-25-27-29-31-33-35-36-37-38-39-40-41-43-45-47-49-51-53-55-57-59-61-63-65-67-69-71-79(92)88-75(74-98-86-84(97)82(95)85(78(73-90)100-86)101-87-83(96)81(94)80(93)77(72-89)99-87)76(91)70-68-66-64-62-60-58-56-54-52-50-48-46-44-42-34-32-30-28-26-24-22-20-18-16-14-12-10-8-6-4-2/h68,70,75-78,80-87,89-91,93-97H,3-67,69,71-74H2,1-2H3,(H,88,92)/b70-68+. The molecule has 101 heavy (non-hydrogen) atoms. The Kier molecular flexibility index (Phi) is 68.0. The van der Waals surface area contributed by atoms with Crippen LogP contribution >= 0.6 is 0 Å². The lowest BCUT2D eigenvalue weighted by molar-refractivity contribution is -0.359. The maximum atomic E-state index is 13.4. The molecular weight excluding hydrogens is 1270 g/mol. The lowest BCUT2D eigenvalue weighted by Gasteiger charge is -2.46. The summed E-state index contributed by atoms with van der Waals surface area (Å²) in [7, 11) is 0. The zero-order valence-electron chi connectivity index (χ0n) is 66.2. The van der Waals surface area contributed by atoms with Gasteiger partial charge in [0.25, 0.3) is 0 Å². The zero-order chi connectivity index (χ0) is 73.0. The van der Waals surface area contributed by atoms with E-state index >= 15 is 0 Å². The lowest BCUT2D eigenvalue weighted by atomic mass is 9.97. The van der Waals surface area contributed by atoms with Crippen molar-refractivity contribution in [2.24, 2.45) is 0 Å². The highest BCUT2D eigenvalue weighted by Crippen LogP contribution is 2.31. The van der Waals surface area contributed by atoms with Crippen LogP contribution in [0.15, 0.2) is 12.2 Å². The monoisotopic (exact) mass is 1440 g/mol. The van der Waals surface area contributed by atoms with Gasteiger partial charge in [0, 0.05) is 6.42 Å². The molecule has 14 nitrogen and oxygen atoms in total. The van der Waals surface area contributed by atoms with Gasteiger partial charge in [-0.15, -0.1) is 0 Å². The first kappa shape index (κ1) is 95.8. The molecule has 0 aromatic heterocycles. The summed E-state index contributed by atoms with van der Waals surface area (Å²) in [6, 6.07) is -0.913. The smallest absolute Gasteiger partial charge is 0.220 e. The van der Waals surface area contributed by atoms with Crippen molar-refractivity contribution in [1.29, 1.82) is 0 Å². The van der Waals surface area contributed by atoms with Gasteiger partial charge in [0.2, 0.25) is 5.91 Å². The minimum Gasteiger partial charge on any atom is -0.394 e. The number of aliphatic hydroxyl groups excluding tert-OH is 8. The molecule has 2 aliphatic rings. The second kappa shape index (κ2) is 71.6. The molecule has 2 saturated heterocycles. The van der Waals surface area contributed by atoms with E-state index in [1.807, 2.05) is 6.08 Å². The Morgan fingerprint density at radius 2 is 0.614 bits per heavy atom. The topological polar surface area (TPSA) is 228 Å². The molecule has 2 aliphatic heterocycles. The Morgan fingerprint density at radius 1 is 0.347 bits per heavy atom. The third kappa shape index (κ3) is 54.1. The summed E-state index contributed by atoms with van der Waals surface area (Å²) in [6.07, 6.45) is 76.2. The predicted molar refractivity (Wildman–Crippen MR) is 420 cm³/mol. The van der Waals surface area contributed by atoms with E-state index in [-0.39, 0.29) is 18.9 Å². The van der Waals surface area contributed by atoms with Crippen LogP contribution in [0.4, 0.5) is 0 Å². The number of rotatable bonds is 77. The van der Waals surface area contributed by atoms with E-state index in [1.54, 1.807) is 6.08 Å². The van der Waals surface area contributed by atoms with Crippen molar-refractivity contribution >= 4 is 5.91 Å². The number of allylic oxidation sites excluding steroid dienone is 1. The van der Waals surface area contributed by atoms with Gasteiger partial charge in [0.05, 0.1) is 32.0 Å². The van der Waals surface area contributed by atoms with E-state index in [9.17, 15) is 45.6 Å². The quantitative estimate of drug-likeness (QED) is 0.0204. The summed E-state index contributed by atoms with van der Waals surface area (Å²) < 4.78 is 23.0. The van der Waals surface area contributed by atoms with Crippen LogP contribution in [-0.4, -0.2) is 140 Å². The van der Waals surface area contributed by atoms with Crippen molar-refractivity contribution in [2.75, 3.05) is 19.8 Å². The average Bonchev–Trinajstić information content (AvgIpc) is 0.792. The Morgan fingerprint density at radius 3 is 0.911 bits per heavy atom. The fourth-order valence-electron chi connectivity index (χ4n) is 15.2. The molecule has 0 saturated carbocycles. The van der Waals surface area contributed by atoms with Crippen molar-refractivity contribution < 1.29 is 64.6 Å². The third-order valence-electron chi connectivity index (χ3n) is 22.2. The van der Waals surface area contributed by atoms with Crippen LogP contribution < -0.4 is 5.32 Å². The minimum atomic E-state index is -1.79. The van der Waals surface area contributed by atoms with Gasteiger partial charge in [0.1, 0.15) is 48.8 Å². The molecule has 0 aromatic carbocycles. The number of unbranched alkanes of at least 4 members (excludes halogenated alkanes) is 64. The lowest BCUT2D eigenvalue weighted by Crippen LogP contribution is -2.65. The number of carbonyl (C=O) groups is 1. The van der Waals surface area contributed by atoms with Crippen molar-refractivity contribution in [3.05, 3.63) is 12.2 Å². The number of hydrogen-bond donors (Lipinski definition) is 9. The first-order valence-electron chi connectivity index (χ1n) is 44.4. The van der Waals surface area contributed by atoms with Crippen LogP contribution in [0.25, 0.3) is 0 Å². The normalized spacial score (nSPS) is 21.7. The molecule has 12 unspecified atom stereocenters.